The zero-order chi connectivity index (χ0) is 21.0. The highest BCUT2D eigenvalue weighted by atomic mass is 16.5. The Balaban J connectivity index is 1.32. The van der Waals surface area contributed by atoms with Gasteiger partial charge in [0.15, 0.2) is 5.96 Å². The van der Waals surface area contributed by atoms with Crippen molar-refractivity contribution in [2.24, 2.45) is 10.9 Å². The minimum Gasteiger partial charge on any atom is -0.381 e. The lowest BCUT2D eigenvalue weighted by Gasteiger charge is -2.36. The van der Waals surface area contributed by atoms with E-state index in [1.54, 1.807) is 0 Å². The van der Waals surface area contributed by atoms with Crippen LogP contribution in [0, 0.1) is 5.92 Å². The molecule has 0 atom stereocenters. The molecule has 30 heavy (non-hydrogen) atoms. The second-order valence-electron chi connectivity index (χ2n) is 8.57. The van der Waals surface area contributed by atoms with Crippen LogP contribution in [-0.2, 0) is 14.3 Å². The van der Waals surface area contributed by atoms with E-state index in [9.17, 15) is 4.79 Å². The standard InChI is InChI=1S/C22H41N5O3/c1-2-23-22(24-8-5-15-30-19-20-6-16-29-17-7-20)27-13-11-25(12-14-27)18-21(28)26-9-3-4-10-26/h20H,2-19H2,1H3,(H,23,24). The molecule has 0 aromatic heterocycles. The normalized spacial score (nSPS) is 22.0. The van der Waals surface area contributed by atoms with Gasteiger partial charge in [0.2, 0.25) is 5.91 Å². The summed E-state index contributed by atoms with van der Waals surface area (Å²) in [5.74, 6) is 1.95. The fourth-order valence-corrected chi connectivity index (χ4v) is 4.32. The summed E-state index contributed by atoms with van der Waals surface area (Å²) >= 11 is 0. The number of carbonyl (C=O) groups is 1. The van der Waals surface area contributed by atoms with Gasteiger partial charge in [-0.2, -0.15) is 0 Å². The van der Waals surface area contributed by atoms with Gasteiger partial charge in [-0.05, 0) is 44.9 Å². The maximum atomic E-state index is 12.4. The Hall–Kier alpha value is -1.38. The summed E-state index contributed by atoms with van der Waals surface area (Å²) < 4.78 is 11.2. The third kappa shape index (κ3) is 7.71. The summed E-state index contributed by atoms with van der Waals surface area (Å²) in [6.45, 7) is 13.2. The Morgan fingerprint density at radius 3 is 2.50 bits per heavy atom. The number of ether oxygens (including phenoxy) is 2. The largest absolute Gasteiger partial charge is 0.381 e. The minimum atomic E-state index is 0.294. The molecule has 0 aliphatic carbocycles. The van der Waals surface area contributed by atoms with Crippen molar-refractivity contribution in [2.45, 2.75) is 39.0 Å². The number of hydrogen-bond donors (Lipinski definition) is 1. The second-order valence-corrected chi connectivity index (χ2v) is 8.57. The molecule has 0 saturated carbocycles. The van der Waals surface area contributed by atoms with E-state index in [0.29, 0.717) is 18.4 Å². The topological polar surface area (TPSA) is 69.6 Å². The Kier molecular flexibility index (Phi) is 10.2. The van der Waals surface area contributed by atoms with Crippen LogP contribution in [0.1, 0.15) is 39.0 Å². The molecule has 0 radical (unpaired) electrons. The van der Waals surface area contributed by atoms with E-state index in [1.165, 1.54) is 0 Å². The fourth-order valence-electron chi connectivity index (χ4n) is 4.32. The first kappa shape index (κ1) is 23.3. The molecule has 0 unspecified atom stereocenters. The Morgan fingerprint density at radius 1 is 1.07 bits per heavy atom. The number of amides is 1. The van der Waals surface area contributed by atoms with E-state index in [4.69, 9.17) is 14.5 Å². The summed E-state index contributed by atoms with van der Waals surface area (Å²) in [6, 6.07) is 0. The van der Waals surface area contributed by atoms with Crippen molar-refractivity contribution in [2.75, 3.05) is 85.3 Å². The number of nitrogens with one attached hydrogen (secondary N) is 1. The summed E-state index contributed by atoms with van der Waals surface area (Å²) in [4.78, 5) is 23.8. The van der Waals surface area contributed by atoms with Crippen molar-refractivity contribution in [1.29, 1.82) is 0 Å². The van der Waals surface area contributed by atoms with Gasteiger partial charge < -0.3 is 24.6 Å². The van der Waals surface area contributed by atoms with Crippen molar-refractivity contribution in [3.63, 3.8) is 0 Å². The molecular formula is C22H41N5O3. The SMILES string of the molecule is CCNC(=NCCCOCC1CCOCC1)N1CCN(CC(=O)N2CCCC2)CC1. The van der Waals surface area contributed by atoms with Gasteiger partial charge in [-0.3, -0.25) is 14.7 Å². The van der Waals surface area contributed by atoms with Crippen molar-refractivity contribution in [3.8, 4) is 0 Å². The van der Waals surface area contributed by atoms with Gasteiger partial charge in [0, 0.05) is 78.8 Å². The number of rotatable bonds is 9. The number of carbonyl (C=O) groups excluding carboxylic acids is 1. The van der Waals surface area contributed by atoms with E-state index >= 15 is 0 Å². The van der Waals surface area contributed by atoms with Crippen LogP contribution in [0.5, 0.6) is 0 Å². The lowest BCUT2D eigenvalue weighted by molar-refractivity contribution is -0.131. The molecule has 3 fully saturated rings. The van der Waals surface area contributed by atoms with Crippen LogP contribution in [0.15, 0.2) is 4.99 Å². The first-order chi connectivity index (χ1) is 14.8. The van der Waals surface area contributed by atoms with Crippen LogP contribution in [0.4, 0.5) is 0 Å². The Labute approximate surface area is 181 Å². The fraction of sp³-hybridized carbons (Fsp3) is 0.909. The van der Waals surface area contributed by atoms with Crippen molar-refractivity contribution in [1.82, 2.24) is 20.0 Å². The number of guanidine groups is 1. The van der Waals surface area contributed by atoms with Crippen LogP contribution in [0.3, 0.4) is 0 Å². The van der Waals surface area contributed by atoms with Crippen LogP contribution in [0.2, 0.25) is 0 Å². The van der Waals surface area contributed by atoms with Gasteiger partial charge in [0.05, 0.1) is 6.54 Å². The zero-order valence-electron chi connectivity index (χ0n) is 18.8. The maximum Gasteiger partial charge on any atom is 0.236 e. The van der Waals surface area contributed by atoms with E-state index < -0.39 is 0 Å². The number of aliphatic imine (C=N–C) groups is 1. The molecule has 3 heterocycles. The van der Waals surface area contributed by atoms with Crippen molar-refractivity contribution >= 4 is 11.9 Å². The molecule has 8 heteroatoms. The lowest BCUT2D eigenvalue weighted by atomic mass is 10.0. The first-order valence-corrected chi connectivity index (χ1v) is 11.9. The van der Waals surface area contributed by atoms with E-state index in [1.807, 2.05) is 4.90 Å². The number of likely N-dealkylation sites (tertiary alicyclic amines) is 1. The zero-order valence-corrected chi connectivity index (χ0v) is 18.8. The lowest BCUT2D eigenvalue weighted by Crippen LogP contribution is -2.54. The average molecular weight is 424 g/mol. The predicted octanol–water partition coefficient (Wildman–Crippen LogP) is 1.03. The quantitative estimate of drug-likeness (QED) is 0.339. The molecule has 1 amide bonds. The van der Waals surface area contributed by atoms with Crippen LogP contribution in [-0.4, -0.2) is 112 Å². The Bertz CT molecular complexity index is 525. The van der Waals surface area contributed by atoms with Gasteiger partial charge in [0.25, 0.3) is 0 Å². The smallest absolute Gasteiger partial charge is 0.236 e. The van der Waals surface area contributed by atoms with Crippen LogP contribution >= 0.6 is 0 Å². The third-order valence-electron chi connectivity index (χ3n) is 6.23. The monoisotopic (exact) mass is 423 g/mol. The first-order valence-electron chi connectivity index (χ1n) is 11.9. The van der Waals surface area contributed by atoms with Gasteiger partial charge in [0.1, 0.15) is 0 Å². The van der Waals surface area contributed by atoms with Crippen molar-refractivity contribution in [3.05, 3.63) is 0 Å². The van der Waals surface area contributed by atoms with Gasteiger partial charge in [-0.15, -0.1) is 0 Å². The number of piperazine rings is 1. The summed E-state index contributed by atoms with van der Waals surface area (Å²) in [5.41, 5.74) is 0. The molecule has 3 saturated heterocycles. The number of nitrogens with zero attached hydrogens (tertiary/aromatic N) is 4. The van der Waals surface area contributed by atoms with E-state index in [2.05, 4.69) is 22.0 Å². The minimum absolute atomic E-state index is 0.294. The summed E-state index contributed by atoms with van der Waals surface area (Å²) in [6.07, 6.45) is 5.50. The van der Waals surface area contributed by atoms with Crippen LogP contribution < -0.4 is 5.32 Å². The third-order valence-corrected chi connectivity index (χ3v) is 6.23. The highest BCUT2D eigenvalue weighted by Crippen LogP contribution is 2.14. The molecule has 8 nitrogen and oxygen atoms in total. The van der Waals surface area contributed by atoms with E-state index in [-0.39, 0.29) is 0 Å². The van der Waals surface area contributed by atoms with Gasteiger partial charge >= 0.3 is 0 Å². The van der Waals surface area contributed by atoms with Gasteiger partial charge in [-0.25, -0.2) is 0 Å². The molecule has 3 aliphatic heterocycles. The number of hydrogen-bond acceptors (Lipinski definition) is 5. The van der Waals surface area contributed by atoms with E-state index in [0.717, 1.165) is 117 Å². The molecule has 3 rings (SSSR count). The second kappa shape index (κ2) is 13.1. The summed E-state index contributed by atoms with van der Waals surface area (Å²) in [7, 11) is 0. The molecule has 0 aromatic carbocycles. The van der Waals surface area contributed by atoms with Gasteiger partial charge in [-0.1, -0.05) is 0 Å². The molecule has 0 bridgehead atoms. The molecule has 0 aromatic rings. The summed E-state index contributed by atoms with van der Waals surface area (Å²) in [5, 5.41) is 3.42. The maximum absolute atomic E-state index is 12.4. The molecule has 172 valence electrons. The highest BCUT2D eigenvalue weighted by molar-refractivity contribution is 5.80. The molecule has 1 N–H and O–H groups in total. The molecule has 3 aliphatic rings. The predicted molar refractivity (Wildman–Crippen MR) is 119 cm³/mol. The van der Waals surface area contributed by atoms with Crippen LogP contribution in [0.25, 0.3) is 0 Å². The Morgan fingerprint density at radius 2 is 1.80 bits per heavy atom. The average Bonchev–Trinajstić information content (AvgIpc) is 3.32. The molecular weight excluding hydrogens is 382 g/mol. The van der Waals surface area contributed by atoms with Crippen molar-refractivity contribution < 1.29 is 14.3 Å². The molecule has 0 spiro atoms. The highest BCUT2D eigenvalue weighted by Gasteiger charge is 2.24.